The lowest BCUT2D eigenvalue weighted by atomic mass is 10.1. The van der Waals surface area contributed by atoms with Crippen LogP contribution in [0.1, 0.15) is 62.3 Å². The van der Waals surface area contributed by atoms with Crippen molar-refractivity contribution in [3.05, 3.63) is 127 Å². The fourth-order valence-electron chi connectivity index (χ4n) is 10.5. The molecule has 6 heteroatoms. The minimum atomic E-state index is -1.49. The van der Waals surface area contributed by atoms with Gasteiger partial charge in [0.1, 0.15) is 33.5 Å². The zero-order valence-electron chi connectivity index (χ0n) is 37.7. The molecular formula is C54H66O3Si3. The third-order valence-corrected chi connectivity index (χ3v) is 31.8. The smallest absolute Gasteiger partial charge is 0.135 e. The van der Waals surface area contributed by atoms with E-state index < -0.39 is 24.2 Å². The van der Waals surface area contributed by atoms with Crippen molar-refractivity contribution in [2.75, 3.05) is 0 Å². The van der Waals surface area contributed by atoms with E-state index in [1.54, 1.807) is 10.4 Å². The van der Waals surface area contributed by atoms with Crippen LogP contribution in [0.3, 0.4) is 0 Å². The van der Waals surface area contributed by atoms with Gasteiger partial charge in [-0.25, -0.2) is 0 Å². The van der Waals surface area contributed by atoms with E-state index in [2.05, 4.69) is 153 Å². The van der Waals surface area contributed by atoms with Crippen molar-refractivity contribution in [2.45, 2.75) is 117 Å². The van der Waals surface area contributed by atoms with Gasteiger partial charge in [-0.1, -0.05) is 226 Å². The molecule has 60 heavy (non-hydrogen) atoms. The largest absolute Gasteiger partial charge is 0.456 e. The van der Waals surface area contributed by atoms with Crippen LogP contribution in [-0.4, -0.2) is 24.2 Å². The van der Waals surface area contributed by atoms with Crippen molar-refractivity contribution in [3.8, 4) is 0 Å². The third kappa shape index (κ3) is 7.54. The number of para-hydroxylation sites is 6. The van der Waals surface area contributed by atoms with Gasteiger partial charge in [0, 0.05) is 32.3 Å². The molecule has 0 aliphatic rings. The molecule has 3 aromatic heterocycles. The van der Waals surface area contributed by atoms with Gasteiger partial charge in [-0.05, 0) is 33.8 Å². The molecule has 0 aliphatic heterocycles. The number of benzene rings is 6. The van der Waals surface area contributed by atoms with Crippen LogP contribution in [0.2, 0.25) is 54.4 Å². The SMILES string of the molecule is CC[Si](CC)(CC)c1cccc2c1oc1c([Si](CC)(CC)CC)cccc12.CC[Si](CC)(CC)c1cccc2c1oc1ccccc12.c1ccc2c(c1)oc1ccccc12. The lowest BCUT2D eigenvalue weighted by Crippen LogP contribution is -2.46. The Morgan fingerprint density at radius 1 is 0.267 bits per heavy atom. The van der Waals surface area contributed by atoms with Crippen molar-refractivity contribution < 1.29 is 13.3 Å². The van der Waals surface area contributed by atoms with Crippen LogP contribution in [0.25, 0.3) is 65.8 Å². The van der Waals surface area contributed by atoms with Crippen molar-refractivity contribution >= 4 is 106 Å². The minimum absolute atomic E-state index is 0.962. The Labute approximate surface area is 361 Å². The maximum Gasteiger partial charge on any atom is 0.135 e. The van der Waals surface area contributed by atoms with Crippen LogP contribution in [-0.2, 0) is 0 Å². The fourth-order valence-corrected chi connectivity index (χ4v) is 21.7. The first-order valence-corrected chi connectivity index (χ1v) is 30.8. The molecule has 9 aromatic rings. The molecule has 0 spiro atoms. The van der Waals surface area contributed by atoms with Crippen molar-refractivity contribution in [3.63, 3.8) is 0 Å². The van der Waals surface area contributed by atoms with Gasteiger partial charge >= 0.3 is 0 Å². The highest BCUT2D eigenvalue weighted by Crippen LogP contribution is 2.35. The average molecular weight is 847 g/mol. The quantitative estimate of drug-likeness (QED) is 0.115. The Morgan fingerprint density at radius 2 is 0.517 bits per heavy atom. The first kappa shape index (κ1) is 43.5. The summed E-state index contributed by atoms with van der Waals surface area (Å²) in [5, 5.41) is 12.2. The van der Waals surface area contributed by atoms with Gasteiger partial charge in [0.05, 0.1) is 24.2 Å². The summed E-state index contributed by atoms with van der Waals surface area (Å²) in [5.41, 5.74) is 6.48. The predicted molar refractivity (Wildman–Crippen MR) is 272 cm³/mol. The summed E-state index contributed by atoms with van der Waals surface area (Å²) in [4.78, 5) is 0. The van der Waals surface area contributed by atoms with Crippen LogP contribution < -0.4 is 15.6 Å². The summed E-state index contributed by atoms with van der Waals surface area (Å²) in [6.07, 6.45) is 0. The van der Waals surface area contributed by atoms with Crippen molar-refractivity contribution in [1.82, 2.24) is 0 Å². The molecule has 0 radical (unpaired) electrons. The van der Waals surface area contributed by atoms with Crippen LogP contribution >= 0.6 is 0 Å². The highest BCUT2D eigenvalue weighted by Gasteiger charge is 2.36. The van der Waals surface area contributed by atoms with Gasteiger partial charge < -0.3 is 13.3 Å². The van der Waals surface area contributed by atoms with E-state index >= 15 is 0 Å². The molecule has 0 saturated carbocycles. The van der Waals surface area contributed by atoms with E-state index in [1.807, 2.05) is 36.4 Å². The maximum absolute atomic E-state index is 6.81. The number of rotatable bonds is 12. The molecular weight excluding hydrogens is 781 g/mol. The molecule has 0 fully saturated rings. The predicted octanol–water partition coefficient (Wildman–Crippen LogP) is 15.9. The summed E-state index contributed by atoms with van der Waals surface area (Å²) < 4.78 is 18.7. The summed E-state index contributed by atoms with van der Waals surface area (Å²) in [5.74, 6) is 0. The Balaban J connectivity index is 0.000000144. The molecule has 6 aromatic carbocycles. The number of furan rings is 3. The van der Waals surface area contributed by atoms with Crippen LogP contribution in [0, 0.1) is 0 Å². The lowest BCUT2D eigenvalue weighted by Gasteiger charge is -2.29. The average Bonchev–Trinajstić information content (AvgIpc) is 4.02. The molecule has 0 atom stereocenters. The zero-order chi connectivity index (χ0) is 42.5. The highest BCUT2D eigenvalue weighted by molar-refractivity contribution is 6.94. The van der Waals surface area contributed by atoms with E-state index in [1.165, 1.54) is 103 Å². The van der Waals surface area contributed by atoms with Crippen molar-refractivity contribution in [2.24, 2.45) is 0 Å². The van der Waals surface area contributed by atoms with E-state index in [-0.39, 0.29) is 0 Å². The zero-order valence-corrected chi connectivity index (χ0v) is 40.7. The summed E-state index contributed by atoms with van der Waals surface area (Å²) in [7, 11) is -4.40. The van der Waals surface area contributed by atoms with Crippen LogP contribution in [0.15, 0.2) is 141 Å². The van der Waals surface area contributed by atoms with Gasteiger partial charge in [-0.2, -0.15) is 0 Å². The Morgan fingerprint density at radius 3 is 0.850 bits per heavy atom. The second kappa shape index (κ2) is 18.6. The number of hydrogen-bond donors (Lipinski definition) is 0. The normalized spacial score (nSPS) is 12.3. The fraction of sp³-hybridized carbons (Fsp3) is 0.333. The molecule has 0 N–H and O–H groups in total. The highest BCUT2D eigenvalue weighted by atomic mass is 28.3. The molecule has 3 heterocycles. The summed E-state index contributed by atoms with van der Waals surface area (Å²) in [6.45, 7) is 21.3. The number of fused-ring (bicyclic) bond motifs is 9. The Bertz CT molecular complexity index is 2680. The first-order valence-electron chi connectivity index (χ1n) is 23.0. The maximum atomic E-state index is 6.81. The van der Waals surface area contributed by atoms with Gasteiger partial charge in [0.15, 0.2) is 0 Å². The van der Waals surface area contributed by atoms with E-state index in [0.717, 1.165) is 22.3 Å². The van der Waals surface area contributed by atoms with E-state index in [4.69, 9.17) is 13.3 Å². The minimum Gasteiger partial charge on any atom is -0.456 e. The van der Waals surface area contributed by atoms with Gasteiger partial charge in [0.25, 0.3) is 0 Å². The van der Waals surface area contributed by atoms with Gasteiger partial charge in [-0.15, -0.1) is 0 Å². The molecule has 3 nitrogen and oxygen atoms in total. The molecule has 0 aliphatic carbocycles. The second-order valence-electron chi connectivity index (χ2n) is 16.9. The van der Waals surface area contributed by atoms with Gasteiger partial charge in [-0.3, -0.25) is 0 Å². The Kier molecular flexibility index (Phi) is 13.4. The van der Waals surface area contributed by atoms with Crippen LogP contribution in [0.4, 0.5) is 0 Å². The molecule has 9 rings (SSSR count). The molecule has 0 unspecified atom stereocenters. The third-order valence-electron chi connectivity index (χ3n) is 15.0. The topological polar surface area (TPSA) is 39.4 Å². The van der Waals surface area contributed by atoms with Gasteiger partial charge in [0.2, 0.25) is 0 Å². The van der Waals surface area contributed by atoms with E-state index in [0.29, 0.717) is 0 Å². The monoisotopic (exact) mass is 846 g/mol. The second-order valence-corrected chi connectivity index (χ2v) is 32.5. The first-order chi connectivity index (χ1) is 29.3. The molecule has 0 amide bonds. The van der Waals surface area contributed by atoms with Crippen LogP contribution in [0.5, 0.6) is 0 Å². The van der Waals surface area contributed by atoms with E-state index in [9.17, 15) is 0 Å². The standard InChI is InChI=1S/C24H36OSi2.C18H22OSi.C12H8O/c1-7-26(8-2,9-3)21-17-13-15-19-20-16-14-18-22(24(20)25-23(19)21)27(10-4,11-5)12-6;1-4-20(5-2,6-3)17-13-9-11-15-14-10-7-8-12-16(14)19-18(15)17;1-3-7-11-9(5-1)10-6-2-4-8-12(10)13-11/h13-18H,7-12H2,1-6H3;7-13H,4-6H2,1-3H3;1-8H. The Hall–Kier alpha value is -4.63. The summed E-state index contributed by atoms with van der Waals surface area (Å²) >= 11 is 0. The lowest BCUT2D eigenvalue weighted by molar-refractivity contribution is 0.669. The molecule has 0 bridgehead atoms. The van der Waals surface area contributed by atoms with Crippen molar-refractivity contribution in [1.29, 1.82) is 0 Å². The number of hydrogen-bond acceptors (Lipinski definition) is 3. The summed E-state index contributed by atoms with van der Waals surface area (Å²) in [6, 6.07) is 56.8. The molecule has 312 valence electrons. The molecule has 0 saturated heterocycles.